The SMILES string of the molecule is CC(=O)I1CCC(c2ccccc2)C(N2Cc3cc(C(=N)NC(=O)C(F)(F)F)ccc3C2=O)C1. The second-order valence-corrected chi connectivity index (χ2v) is 14.4. The van der Waals surface area contributed by atoms with E-state index in [1.165, 1.54) is 18.2 Å². The van der Waals surface area contributed by atoms with Crippen LogP contribution in [0.2, 0.25) is 0 Å². The summed E-state index contributed by atoms with van der Waals surface area (Å²) in [6, 6.07) is 14.1. The third-order valence-corrected chi connectivity index (χ3v) is 12.2. The molecular weight excluding hydrogens is 562 g/mol. The summed E-state index contributed by atoms with van der Waals surface area (Å²) < 4.78 is 39.5. The van der Waals surface area contributed by atoms with Crippen LogP contribution in [0.1, 0.15) is 46.3 Å². The quantitative estimate of drug-likeness (QED) is 0.185. The van der Waals surface area contributed by atoms with Crippen LogP contribution >= 0.6 is 19.8 Å². The molecule has 2 aromatic carbocycles. The molecule has 0 saturated carbocycles. The minimum absolute atomic E-state index is 0.0893. The molecule has 2 unspecified atom stereocenters. The molecule has 1 fully saturated rings. The molecule has 2 N–H and O–H groups in total. The van der Waals surface area contributed by atoms with Gasteiger partial charge in [-0.1, -0.05) is 0 Å². The van der Waals surface area contributed by atoms with Gasteiger partial charge in [0, 0.05) is 0 Å². The molecule has 2 atom stereocenters. The van der Waals surface area contributed by atoms with E-state index in [-0.39, 0.29) is 33.8 Å². The number of amides is 2. The number of nitrogens with one attached hydrogen (secondary N) is 2. The Kier molecular flexibility index (Phi) is 6.79. The average molecular weight is 585 g/mol. The number of fused-ring (bicyclic) bond motifs is 1. The van der Waals surface area contributed by atoms with Crippen molar-refractivity contribution in [2.24, 2.45) is 0 Å². The topological polar surface area (TPSA) is 90.3 Å². The number of carbonyl (C=O) groups is 3. The number of amidine groups is 1. The predicted molar refractivity (Wildman–Crippen MR) is 129 cm³/mol. The van der Waals surface area contributed by atoms with Gasteiger partial charge < -0.3 is 0 Å². The van der Waals surface area contributed by atoms with E-state index < -0.39 is 37.7 Å². The van der Waals surface area contributed by atoms with Crippen LogP contribution in [0.4, 0.5) is 13.2 Å². The zero-order valence-corrected chi connectivity index (χ0v) is 20.4. The Morgan fingerprint density at radius 1 is 1.15 bits per heavy atom. The minimum atomic E-state index is -5.10. The molecule has 2 amide bonds. The van der Waals surface area contributed by atoms with Gasteiger partial charge in [0.05, 0.1) is 0 Å². The summed E-state index contributed by atoms with van der Waals surface area (Å²) >= 11 is -1.88. The summed E-state index contributed by atoms with van der Waals surface area (Å²) in [5.41, 5.74) is 2.23. The van der Waals surface area contributed by atoms with Crippen molar-refractivity contribution in [2.45, 2.75) is 38.0 Å². The van der Waals surface area contributed by atoms with Gasteiger partial charge >= 0.3 is 202 Å². The van der Waals surface area contributed by atoms with E-state index in [9.17, 15) is 27.6 Å². The molecule has 0 aliphatic carbocycles. The van der Waals surface area contributed by atoms with Crippen molar-refractivity contribution in [3.05, 3.63) is 70.8 Å². The zero-order valence-electron chi connectivity index (χ0n) is 18.3. The maximum atomic E-state index is 13.3. The van der Waals surface area contributed by atoms with Crippen LogP contribution in [0.25, 0.3) is 0 Å². The van der Waals surface area contributed by atoms with Crippen LogP contribution in [0.5, 0.6) is 0 Å². The molecule has 2 aliphatic heterocycles. The molecule has 2 heterocycles. The molecule has 0 bridgehead atoms. The molecule has 2 aliphatic rings. The molecule has 6 nitrogen and oxygen atoms in total. The van der Waals surface area contributed by atoms with Crippen molar-refractivity contribution in [3.8, 4) is 0 Å². The van der Waals surface area contributed by atoms with E-state index in [2.05, 4.69) is 0 Å². The number of hydrogen-bond donors (Lipinski definition) is 2. The molecule has 34 heavy (non-hydrogen) atoms. The van der Waals surface area contributed by atoms with E-state index in [0.717, 1.165) is 16.4 Å². The number of carbonyl (C=O) groups excluding carboxylic acids is 3. The second-order valence-electron chi connectivity index (χ2n) is 8.27. The van der Waals surface area contributed by atoms with E-state index in [1.807, 2.05) is 30.3 Å². The Hall–Kier alpha value is -2.76. The molecule has 0 spiro atoms. The van der Waals surface area contributed by atoms with Crippen LogP contribution in [0.15, 0.2) is 48.5 Å². The normalized spacial score (nSPS) is 21.2. The van der Waals surface area contributed by atoms with Gasteiger partial charge in [0.2, 0.25) is 0 Å². The average Bonchev–Trinajstić information content (AvgIpc) is 3.14. The van der Waals surface area contributed by atoms with Crippen LogP contribution in [0.3, 0.4) is 0 Å². The first kappa shape index (κ1) is 24.4. The second kappa shape index (κ2) is 9.47. The summed E-state index contributed by atoms with van der Waals surface area (Å²) in [4.78, 5) is 38.5. The first-order chi connectivity index (χ1) is 16.1. The molecule has 0 aromatic heterocycles. The molecular formula is C24H23F3IN3O3. The van der Waals surface area contributed by atoms with Gasteiger partial charge in [0.1, 0.15) is 0 Å². The van der Waals surface area contributed by atoms with Crippen LogP contribution in [-0.2, 0) is 16.1 Å². The molecule has 10 heteroatoms. The summed E-state index contributed by atoms with van der Waals surface area (Å²) in [6.45, 7) is 1.89. The molecule has 180 valence electrons. The Morgan fingerprint density at radius 3 is 2.50 bits per heavy atom. The van der Waals surface area contributed by atoms with Gasteiger partial charge in [-0.05, 0) is 0 Å². The van der Waals surface area contributed by atoms with E-state index in [0.29, 0.717) is 15.6 Å². The van der Waals surface area contributed by atoms with Crippen LogP contribution < -0.4 is 5.32 Å². The van der Waals surface area contributed by atoms with Crippen molar-refractivity contribution < 1.29 is 27.6 Å². The van der Waals surface area contributed by atoms with Crippen LogP contribution in [-0.4, -0.2) is 47.4 Å². The summed E-state index contributed by atoms with van der Waals surface area (Å²) in [5.74, 6) is -2.99. The van der Waals surface area contributed by atoms with Crippen molar-refractivity contribution in [2.75, 3.05) is 8.86 Å². The summed E-state index contributed by atoms with van der Waals surface area (Å²) in [6.07, 6.45) is -4.26. The molecule has 2 aromatic rings. The fourth-order valence-electron chi connectivity index (χ4n) is 4.47. The summed E-state index contributed by atoms with van der Waals surface area (Å²) in [5, 5.41) is 9.40. The van der Waals surface area contributed by atoms with Crippen molar-refractivity contribution >= 4 is 41.3 Å². The van der Waals surface area contributed by atoms with Crippen molar-refractivity contribution in [1.82, 2.24) is 10.2 Å². The number of nitrogens with zero attached hydrogens (tertiary/aromatic N) is 1. The predicted octanol–water partition coefficient (Wildman–Crippen LogP) is 4.26. The van der Waals surface area contributed by atoms with Crippen molar-refractivity contribution in [3.63, 3.8) is 0 Å². The number of hydrogen-bond acceptors (Lipinski definition) is 4. The van der Waals surface area contributed by atoms with Gasteiger partial charge in [-0.2, -0.15) is 0 Å². The Bertz CT molecular complexity index is 1150. The van der Waals surface area contributed by atoms with Crippen LogP contribution in [0, 0.1) is 5.41 Å². The standard InChI is InChI=1S/C24H23F3IN3O3/c1-14(32)28-10-9-18(15-5-3-2-4-6-15)20(12-28)31-13-17-11-16(7-8-19(17)22(31)33)21(29)30-23(34)24(25,26)27/h2-8,11,18,20H,9-10,12-13H2,1H3,(H2,29,30,34). The van der Waals surface area contributed by atoms with E-state index in [1.54, 1.807) is 17.1 Å². The molecule has 0 radical (unpaired) electrons. The first-order valence-electron chi connectivity index (χ1n) is 10.6. The molecule has 1 saturated heterocycles. The Balaban J connectivity index is 1.59. The van der Waals surface area contributed by atoms with E-state index >= 15 is 0 Å². The third-order valence-electron chi connectivity index (χ3n) is 6.18. The van der Waals surface area contributed by atoms with Gasteiger partial charge in [-0.15, -0.1) is 0 Å². The Morgan fingerprint density at radius 2 is 1.85 bits per heavy atom. The van der Waals surface area contributed by atoms with Gasteiger partial charge in [0.15, 0.2) is 0 Å². The van der Waals surface area contributed by atoms with E-state index in [4.69, 9.17) is 5.41 Å². The monoisotopic (exact) mass is 585 g/mol. The fraction of sp³-hybridized carbons (Fsp3) is 0.333. The summed E-state index contributed by atoms with van der Waals surface area (Å²) in [7, 11) is 0. The van der Waals surface area contributed by atoms with Crippen molar-refractivity contribution in [1.29, 1.82) is 5.41 Å². The number of rotatable bonds is 4. The molecule has 4 rings (SSSR count). The number of alkyl halides is 5. The third kappa shape index (κ3) is 4.86. The number of halogens is 4. The number of benzene rings is 2. The first-order valence-corrected chi connectivity index (χ1v) is 14.8. The fourth-order valence-corrected chi connectivity index (χ4v) is 9.89. The zero-order chi connectivity index (χ0) is 24.6. The maximum absolute atomic E-state index is 13.3. The Labute approximate surface area is 201 Å². The van der Waals surface area contributed by atoms with Gasteiger partial charge in [-0.3, -0.25) is 0 Å². The van der Waals surface area contributed by atoms with Gasteiger partial charge in [0.25, 0.3) is 0 Å². The van der Waals surface area contributed by atoms with Gasteiger partial charge in [-0.25, -0.2) is 0 Å².